The van der Waals surface area contributed by atoms with E-state index in [2.05, 4.69) is 9.88 Å². The third-order valence-corrected chi connectivity index (χ3v) is 3.49. The van der Waals surface area contributed by atoms with Gasteiger partial charge in [0.1, 0.15) is 0 Å². The molecule has 1 aliphatic heterocycles. The first kappa shape index (κ1) is 12.5. The molecule has 0 bridgehead atoms. The molecular weight excluding hydrogens is 240 g/mol. The number of carbonyl (C=O) groups is 1. The van der Waals surface area contributed by atoms with E-state index in [9.17, 15) is 4.79 Å². The van der Waals surface area contributed by atoms with E-state index in [0.717, 1.165) is 18.8 Å². The minimum absolute atomic E-state index is 0.161. The van der Waals surface area contributed by atoms with Crippen molar-refractivity contribution >= 4 is 17.3 Å². The van der Waals surface area contributed by atoms with Gasteiger partial charge in [-0.25, -0.2) is 9.78 Å². The first-order valence-corrected chi connectivity index (χ1v) is 6.48. The van der Waals surface area contributed by atoms with Gasteiger partial charge in [0.2, 0.25) is 5.01 Å². The van der Waals surface area contributed by atoms with Crippen molar-refractivity contribution in [1.29, 1.82) is 0 Å². The highest BCUT2D eigenvalue weighted by molar-refractivity contribution is 7.11. The highest BCUT2D eigenvalue weighted by atomic mass is 32.1. The van der Waals surface area contributed by atoms with Gasteiger partial charge in [0.15, 0.2) is 0 Å². The quantitative estimate of drug-likeness (QED) is 0.887. The van der Waals surface area contributed by atoms with Gasteiger partial charge in [0.05, 0.1) is 17.9 Å². The number of ether oxygens (including phenoxy) is 1. The fourth-order valence-electron chi connectivity index (χ4n) is 2.12. The average Bonchev–Trinajstić information content (AvgIpc) is 2.64. The summed E-state index contributed by atoms with van der Waals surface area (Å²) in [6.07, 6.45) is 0.438. The van der Waals surface area contributed by atoms with Crippen LogP contribution in [0.25, 0.3) is 0 Å². The van der Waals surface area contributed by atoms with Gasteiger partial charge in [-0.2, -0.15) is 0 Å². The van der Waals surface area contributed by atoms with Crippen LogP contribution >= 0.6 is 11.3 Å². The molecule has 17 heavy (non-hydrogen) atoms. The maximum absolute atomic E-state index is 10.7. The number of aromatic carboxylic acids is 1. The molecule has 1 aromatic heterocycles. The molecule has 0 radical (unpaired) electrons. The Morgan fingerprint density at radius 3 is 2.76 bits per heavy atom. The normalized spacial score (nSPS) is 26.0. The second-order valence-corrected chi connectivity index (χ2v) is 5.26. The first-order valence-electron chi connectivity index (χ1n) is 5.60. The van der Waals surface area contributed by atoms with Gasteiger partial charge < -0.3 is 9.84 Å². The summed E-state index contributed by atoms with van der Waals surface area (Å²) in [4.78, 5) is 17.1. The van der Waals surface area contributed by atoms with Gasteiger partial charge in [-0.3, -0.25) is 4.90 Å². The van der Waals surface area contributed by atoms with E-state index in [4.69, 9.17) is 9.84 Å². The number of hydrogen-bond acceptors (Lipinski definition) is 5. The third kappa shape index (κ3) is 3.24. The molecule has 1 aliphatic rings. The molecule has 2 rings (SSSR count). The summed E-state index contributed by atoms with van der Waals surface area (Å²) in [7, 11) is 0. The molecule has 1 N–H and O–H groups in total. The smallest absolute Gasteiger partial charge is 0.365 e. The van der Waals surface area contributed by atoms with E-state index < -0.39 is 5.97 Å². The van der Waals surface area contributed by atoms with E-state index >= 15 is 0 Å². The van der Waals surface area contributed by atoms with Crippen molar-refractivity contribution in [2.75, 3.05) is 13.1 Å². The molecule has 0 amide bonds. The van der Waals surface area contributed by atoms with E-state index in [0.29, 0.717) is 6.54 Å². The highest BCUT2D eigenvalue weighted by Gasteiger charge is 2.23. The van der Waals surface area contributed by atoms with Crippen LogP contribution in [0.1, 0.15) is 29.3 Å². The molecule has 5 nitrogen and oxygen atoms in total. The number of morpholine rings is 1. The molecule has 1 fully saturated rings. The van der Waals surface area contributed by atoms with Gasteiger partial charge >= 0.3 is 5.97 Å². The summed E-state index contributed by atoms with van der Waals surface area (Å²) in [6.45, 7) is 6.52. The Bertz CT molecular complexity index is 397. The predicted molar refractivity (Wildman–Crippen MR) is 64.4 cm³/mol. The van der Waals surface area contributed by atoms with Gasteiger partial charge in [0.25, 0.3) is 0 Å². The summed E-state index contributed by atoms with van der Waals surface area (Å²) in [5, 5.41) is 10.8. The van der Waals surface area contributed by atoms with Crippen LogP contribution < -0.4 is 0 Å². The molecular formula is C11H16N2O3S. The maximum Gasteiger partial charge on any atom is 0.365 e. The topological polar surface area (TPSA) is 62.7 Å². The van der Waals surface area contributed by atoms with Crippen molar-refractivity contribution < 1.29 is 14.6 Å². The summed E-state index contributed by atoms with van der Waals surface area (Å²) < 4.78 is 5.64. The number of nitrogens with zero attached hydrogens (tertiary/aromatic N) is 2. The lowest BCUT2D eigenvalue weighted by molar-refractivity contribution is -0.0707. The minimum Gasteiger partial charge on any atom is -0.476 e. The average molecular weight is 256 g/mol. The van der Waals surface area contributed by atoms with Crippen molar-refractivity contribution in [3.8, 4) is 0 Å². The summed E-state index contributed by atoms with van der Waals surface area (Å²) in [6, 6.07) is 0. The van der Waals surface area contributed by atoms with Gasteiger partial charge in [-0.05, 0) is 13.8 Å². The lowest BCUT2D eigenvalue weighted by Gasteiger charge is -2.34. The zero-order chi connectivity index (χ0) is 12.4. The lowest BCUT2D eigenvalue weighted by atomic mass is 10.2. The summed E-state index contributed by atoms with van der Waals surface area (Å²) >= 11 is 1.18. The van der Waals surface area contributed by atoms with Crippen molar-refractivity contribution in [2.45, 2.75) is 32.6 Å². The molecule has 0 aliphatic carbocycles. The summed E-state index contributed by atoms with van der Waals surface area (Å²) in [5.74, 6) is -0.954. The molecule has 2 heterocycles. The number of carboxylic acids is 1. The molecule has 0 aromatic carbocycles. The van der Waals surface area contributed by atoms with Crippen molar-refractivity contribution in [3.63, 3.8) is 0 Å². The summed E-state index contributed by atoms with van der Waals surface area (Å²) in [5.41, 5.74) is 0.828. The Hall–Kier alpha value is -0.980. The molecule has 2 atom stereocenters. The minimum atomic E-state index is -0.954. The number of thiazole rings is 1. The largest absolute Gasteiger partial charge is 0.476 e. The van der Waals surface area contributed by atoms with E-state index in [-0.39, 0.29) is 17.2 Å². The van der Waals surface area contributed by atoms with Crippen molar-refractivity contribution in [1.82, 2.24) is 9.88 Å². The standard InChI is InChI=1S/C11H16N2O3S/c1-7-3-13(4-8(2)16-7)5-9-6-17-10(12-9)11(14)15/h6-8H,3-5H2,1-2H3,(H,14,15). The van der Waals surface area contributed by atoms with Crippen molar-refractivity contribution in [3.05, 3.63) is 16.1 Å². The van der Waals surface area contributed by atoms with Crippen LogP contribution in [0.4, 0.5) is 0 Å². The molecule has 0 spiro atoms. The Morgan fingerprint density at radius 2 is 2.24 bits per heavy atom. The third-order valence-electron chi connectivity index (χ3n) is 2.62. The van der Waals surface area contributed by atoms with Crippen molar-refractivity contribution in [2.24, 2.45) is 0 Å². The predicted octanol–water partition coefficient (Wildman–Crippen LogP) is 1.45. The Kier molecular flexibility index (Phi) is 3.76. The Balaban J connectivity index is 1.97. The van der Waals surface area contributed by atoms with E-state index in [1.165, 1.54) is 11.3 Å². The maximum atomic E-state index is 10.7. The molecule has 2 unspecified atom stereocenters. The van der Waals surface area contributed by atoms with E-state index in [1.54, 1.807) is 0 Å². The first-order chi connectivity index (χ1) is 8.04. The fourth-order valence-corrected chi connectivity index (χ4v) is 2.77. The monoisotopic (exact) mass is 256 g/mol. The van der Waals surface area contributed by atoms with Crippen LogP contribution in [0, 0.1) is 0 Å². The van der Waals surface area contributed by atoms with Crippen LogP contribution in [-0.2, 0) is 11.3 Å². The highest BCUT2D eigenvalue weighted by Crippen LogP contribution is 2.16. The zero-order valence-electron chi connectivity index (χ0n) is 9.92. The second-order valence-electron chi connectivity index (χ2n) is 4.40. The molecule has 1 aromatic rings. The number of hydrogen-bond donors (Lipinski definition) is 1. The number of rotatable bonds is 3. The van der Waals surface area contributed by atoms with Gasteiger partial charge in [0, 0.05) is 25.0 Å². The number of carboxylic acid groups (broad SMARTS) is 1. The van der Waals surface area contributed by atoms with E-state index in [1.807, 2.05) is 19.2 Å². The Morgan fingerprint density at radius 1 is 1.59 bits per heavy atom. The SMILES string of the molecule is CC1CN(Cc2csc(C(=O)O)n2)CC(C)O1. The molecule has 0 saturated carbocycles. The van der Waals surface area contributed by atoms with Gasteiger partial charge in [-0.1, -0.05) is 0 Å². The van der Waals surface area contributed by atoms with Crippen LogP contribution in [-0.4, -0.2) is 46.3 Å². The number of aromatic nitrogens is 1. The van der Waals surface area contributed by atoms with Crippen LogP contribution in [0.3, 0.4) is 0 Å². The van der Waals surface area contributed by atoms with Crippen LogP contribution in [0.2, 0.25) is 0 Å². The lowest BCUT2D eigenvalue weighted by Crippen LogP contribution is -2.44. The fraction of sp³-hybridized carbons (Fsp3) is 0.636. The van der Waals surface area contributed by atoms with Gasteiger partial charge in [-0.15, -0.1) is 11.3 Å². The molecule has 1 saturated heterocycles. The molecule has 6 heteroatoms. The second kappa shape index (κ2) is 5.12. The zero-order valence-corrected chi connectivity index (χ0v) is 10.7. The Labute approximate surface area is 104 Å². The molecule has 94 valence electrons. The van der Waals surface area contributed by atoms with Crippen LogP contribution in [0.15, 0.2) is 5.38 Å². The van der Waals surface area contributed by atoms with Crippen LogP contribution in [0.5, 0.6) is 0 Å².